The van der Waals surface area contributed by atoms with Gasteiger partial charge in [-0.1, -0.05) is 19.1 Å². The molecule has 2 aliphatic heterocycles. The molecule has 2 aliphatic rings. The van der Waals surface area contributed by atoms with Crippen molar-refractivity contribution in [1.82, 2.24) is 10.2 Å². The predicted octanol–water partition coefficient (Wildman–Crippen LogP) is 4.52. The van der Waals surface area contributed by atoms with Crippen molar-refractivity contribution in [1.29, 1.82) is 0 Å². The van der Waals surface area contributed by atoms with Crippen LogP contribution in [0.4, 0.5) is 10.5 Å². The zero-order valence-electron chi connectivity index (χ0n) is 15.8. The van der Waals surface area contributed by atoms with Gasteiger partial charge in [0.05, 0.1) is 6.04 Å². The second-order valence-electron chi connectivity index (χ2n) is 7.09. The van der Waals surface area contributed by atoms with E-state index >= 15 is 0 Å². The number of fused-ring (bicyclic) bond motifs is 1. The van der Waals surface area contributed by atoms with Crippen LogP contribution in [0, 0.1) is 0 Å². The molecule has 1 aromatic carbocycles. The van der Waals surface area contributed by atoms with Crippen molar-refractivity contribution >= 4 is 34.8 Å². The normalized spacial score (nSPS) is 19.7. The van der Waals surface area contributed by atoms with Gasteiger partial charge in [-0.2, -0.15) is 11.8 Å². The number of rotatable bonds is 4. The Morgan fingerprint density at radius 1 is 1.15 bits per heavy atom. The van der Waals surface area contributed by atoms with Crippen molar-refractivity contribution in [3.8, 4) is 0 Å². The van der Waals surface area contributed by atoms with Gasteiger partial charge in [0, 0.05) is 48.2 Å². The smallest absolute Gasteiger partial charge is 0.318 e. The monoisotopic (exact) mass is 401 g/mol. The van der Waals surface area contributed by atoms with E-state index in [4.69, 9.17) is 0 Å². The summed E-state index contributed by atoms with van der Waals surface area (Å²) in [6, 6.07) is 11.1. The van der Waals surface area contributed by atoms with Crippen molar-refractivity contribution in [3.05, 3.63) is 51.7 Å². The third kappa shape index (κ3) is 4.11. The number of amides is 2. The third-order valence-corrected chi connectivity index (χ3v) is 7.44. The highest BCUT2D eigenvalue weighted by Crippen LogP contribution is 2.35. The quantitative estimate of drug-likeness (QED) is 0.818. The van der Waals surface area contributed by atoms with Gasteiger partial charge < -0.3 is 15.1 Å². The maximum atomic E-state index is 12.8. The minimum absolute atomic E-state index is 0.0517. The molecule has 27 heavy (non-hydrogen) atoms. The molecule has 6 heteroatoms. The summed E-state index contributed by atoms with van der Waals surface area (Å²) in [7, 11) is 0. The third-order valence-electron chi connectivity index (χ3n) is 5.50. The van der Waals surface area contributed by atoms with Crippen molar-refractivity contribution < 1.29 is 4.79 Å². The minimum Gasteiger partial charge on any atom is -0.370 e. The van der Waals surface area contributed by atoms with Gasteiger partial charge >= 0.3 is 6.03 Å². The first kappa shape index (κ1) is 18.7. The van der Waals surface area contributed by atoms with Gasteiger partial charge in [0.25, 0.3) is 0 Å². The van der Waals surface area contributed by atoms with Gasteiger partial charge in [-0.3, -0.25) is 0 Å². The molecule has 1 atom stereocenters. The van der Waals surface area contributed by atoms with Crippen LogP contribution in [0.15, 0.2) is 35.7 Å². The highest BCUT2D eigenvalue weighted by molar-refractivity contribution is 7.99. The van der Waals surface area contributed by atoms with Crippen LogP contribution in [0.5, 0.6) is 0 Å². The number of hydrogen-bond acceptors (Lipinski definition) is 4. The highest BCUT2D eigenvalue weighted by Gasteiger charge is 2.30. The van der Waals surface area contributed by atoms with Crippen LogP contribution < -0.4 is 10.2 Å². The fourth-order valence-corrected chi connectivity index (χ4v) is 5.84. The average molecular weight is 402 g/mol. The first-order chi connectivity index (χ1) is 13.3. The number of carbonyl (C=O) groups is 1. The molecule has 1 saturated heterocycles. The first-order valence-corrected chi connectivity index (χ1v) is 11.8. The number of thioether (sulfide) groups is 1. The first-order valence-electron chi connectivity index (χ1n) is 9.78. The Kier molecular flexibility index (Phi) is 5.93. The van der Waals surface area contributed by atoms with E-state index < -0.39 is 0 Å². The lowest BCUT2D eigenvalue weighted by molar-refractivity contribution is 0.167. The van der Waals surface area contributed by atoms with Gasteiger partial charge in [-0.15, -0.1) is 11.3 Å². The summed E-state index contributed by atoms with van der Waals surface area (Å²) >= 11 is 3.84. The fraction of sp³-hybridized carbons (Fsp3) is 0.476. The predicted molar refractivity (Wildman–Crippen MR) is 116 cm³/mol. The molecular weight excluding hydrogens is 374 g/mol. The summed E-state index contributed by atoms with van der Waals surface area (Å²) in [5, 5.41) is 5.28. The summed E-state index contributed by atoms with van der Waals surface area (Å²) in [5.74, 6) is 2.41. The lowest BCUT2D eigenvalue weighted by atomic mass is 9.98. The topological polar surface area (TPSA) is 35.6 Å². The van der Waals surface area contributed by atoms with Gasteiger partial charge in [0.2, 0.25) is 0 Å². The Bertz CT molecular complexity index is 768. The van der Waals surface area contributed by atoms with Gasteiger partial charge in [0.1, 0.15) is 0 Å². The van der Waals surface area contributed by atoms with Crippen molar-refractivity contribution in [2.24, 2.45) is 0 Å². The Morgan fingerprint density at radius 3 is 2.67 bits per heavy atom. The number of nitrogens with zero attached hydrogens (tertiary/aromatic N) is 2. The Balaban J connectivity index is 1.35. The zero-order valence-corrected chi connectivity index (χ0v) is 17.5. The average Bonchev–Trinajstić information content (AvgIpc) is 3.21. The highest BCUT2D eigenvalue weighted by atomic mass is 32.2. The van der Waals surface area contributed by atoms with Crippen LogP contribution in [0.1, 0.15) is 35.4 Å². The number of anilines is 1. The Labute approximate surface area is 169 Å². The number of thiophene rings is 1. The van der Waals surface area contributed by atoms with Crippen LogP contribution in [0.25, 0.3) is 0 Å². The standard InChI is InChI=1S/C21H27N3OS2/c1-2-19-18-8-12-27-20(18)7-9-24(19)21(25)22-15-16-3-5-17(6-4-16)23-10-13-26-14-11-23/h3-6,8,12,19H,2,7,9-11,13-15H2,1H3,(H,22,25). The number of hydrogen-bond donors (Lipinski definition) is 1. The second-order valence-corrected chi connectivity index (χ2v) is 9.32. The summed E-state index contributed by atoms with van der Waals surface area (Å²) in [6.07, 6.45) is 1.93. The van der Waals surface area contributed by atoms with Crippen LogP contribution in [-0.4, -0.2) is 42.1 Å². The van der Waals surface area contributed by atoms with Crippen LogP contribution in [0.2, 0.25) is 0 Å². The SMILES string of the molecule is CCC1c2ccsc2CCN1C(=O)NCc1ccc(N2CCSCC2)cc1. The molecule has 0 spiro atoms. The molecule has 4 rings (SSSR count). The van der Waals surface area contributed by atoms with Crippen LogP contribution in [0.3, 0.4) is 0 Å². The van der Waals surface area contributed by atoms with Crippen molar-refractivity contribution in [3.63, 3.8) is 0 Å². The van der Waals surface area contributed by atoms with Gasteiger partial charge in [-0.05, 0) is 47.5 Å². The summed E-state index contributed by atoms with van der Waals surface area (Å²) in [6.45, 7) is 5.80. The molecule has 4 nitrogen and oxygen atoms in total. The minimum atomic E-state index is 0.0517. The number of nitrogens with one attached hydrogen (secondary N) is 1. The molecule has 0 aliphatic carbocycles. The molecule has 0 bridgehead atoms. The molecule has 1 unspecified atom stereocenters. The molecular formula is C21H27N3OS2. The van der Waals surface area contributed by atoms with E-state index in [2.05, 4.69) is 52.9 Å². The second kappa shape index (κ2) is 8.57. The van der Waals surface area contributed by atoms with E-state index in [1.807, 2.05) is 28.0 Å². The van der Waals surface area contributed by atoms with Crippen LogP contribution >= 0.6 is 23.1 Å². The molecule has 2 aromatic rings. The molecule has 1 N–H and O–H groups in total. The lowest BCUT2D eigenvalue weighted by Crippen LogP contribution is -2.44. The molecule has 0 radical (unpaired) electrons. The van der Waals surface area contributed by atoms with E-state index in [1.165, 1.54) is 27.6 Å². The maximum absolute atomic E-state index is 12.8. The van der Waals surface area contributed by atoms with E-state index in [0.717, 1.165) is 38.0 Å². The van der Waals surface area contributed by atoms with Crippen molar-refractivity contribution in [2.75, 3.05) is 36.0 Å². The molecule has 1 aromatic heterocycles. The lowest BCUT2D eigenvalue weighted by Gasteiger charge is -2.35. The number of benzene rings is 1. The van der Waals surface area contributed by atoms with Crippen LogP contribution in [-0.2, 0) is 13.0 Å². The molecule has 2 amide bonds. The van der Waals surface area contributed by atoms with E-state index in [9.17, 15) is 4.79 Å². The van der Waals surface area contributed by atoms with Gasteiger partial charge in [-0.25, -0.2) is 4.79 Å². The zero-order chi connectivity index (χ0) is 18.6. The summed E-state index contributed by atoms with van der Waals surface area (Å²) in [4.78, 5) is 18.7. The number of carbonyl (C=O) groups excluding carboxylic acids is 1. The van der Waals surface area contributed by atoms with Gasteiger partial charge in [0.15, 0.2) is 0 Å². The van der Waals surface area contributed by atoms with E-state index in [-0.39, 0.29) is 12.1 Å². The molecule has 144 valence electrons. The maximum Gasteiger partial charge on any atom is 0.318 e. The molecule has 3 heterocycles. The van der Waals surface area contributed by atoms with Crippen molar-refractivity contribution in [2.45, 2.75) is 32.4 Å². The largest absolute Gasteiger partial charge is 0.370 e. The molecule has 0 saturated carbocycles. The molecule has 1 fully saturated rings. The van der Waals surface area contributed by atoms with E-state index in [0.29, 0.717) is 6.54 Å². The number of urea groups is 1. The van der Waals surface area contributed by atoms with E-state index in [1.54, 1.807) is 0 Å². The summed E-state index contributed by atoms with van der Waals surface area (Å²) in [5.41, 5.74) is 3.78. The Morgan fingerprint density at radius 2 is 1.93 bits per heavy atom. The fourth-order valence-electron chi connectivity index (χ4n) is 4.01. The Hall–Kier alpha value is -1.66. The summed E-state index contributed by atoms with van der Waals surface area (Å²) < 4.78 is 0.